The van der Waals surface area contributed by atoms with E-state index in [9.17, 15) is 4.79 Å². The van der Waals surface area contributed by atoms with Crippen LogP contribution in [0.2, 0.25) is 0 Å². The molecule has 50 valence electrons. The molecule has 1 rings (SSSR count). The molecule has 0 saturated carbocycles. The molecular weight excluding hydrogens is 112 g/mol. The molecule has 1 aliphatic rings. The number of carbonyl (C=O) groups excluding carboxylic acids is 1. The van der Waals surface area contributed by atoms with E-state index in [1.165, 1.54) is 5.57 Å². The molecule has 0 aromatic heterocycles. The van der Waals surface area contributed by atoms with Gasteiger partial charge in [0.1, 0.15) is 5.78 Å². The number of carbonyl (C=O) groups is 1. The number of hydrogen-bond donors (Lipinski definition) is 0. The predicted molar refractivity (Wildman–Crippen MR) is 37.2 cm³/mol. The fourth-order valence-corrected chi connectivity index (χ4v) is 1.23. The van der Waals surface area contributed by atoms with Gasteiger partial charge in [0.15, 0.2) is 0 Å². The molecule has 0 unspecified atom stereocenters. The lowest BCUT2D eigenvalue weighted by Crippen LogP contribution is -2.15. The lowest BCUT2D eigenvalue weighted by Gasteiger charge is -2.10. The maximum Gasteiger partial charge on any atom is 0.146 e. The molecule has 0 aromatic rings. The van der Waals surface area contributed by atoms with Crippen LogP contribution in [-0.2, 0) is 4.79 Å². The summed E-state index contributed by atoms with van der Waals surface area (Å²) < 4.78 is 0. The molecule has 1 aliphatic carbocycles. The highest BCUT2D eigenvalue weighted by molar-refractivity contribution is 5.90. The number of ketones is 1. The second-order valence-electron chi connectivity index (χ2n) is 3.31. The van der Waals surface area contributed by atoms with Crippen molar-refractivity contribution in [2.24, 2.45) is 5.41 Å². The van der Waals surface area contributed by atoms with Crippen molar-refractivity contribution >= 4 is 5.78 Å². The van der Waals surface area contributed by atoms with Crippen molar-refractivity contribution in [3.8, 4) is 0 Å². The minimum Gasteiger partial charge on any atom is -0.298 e. The molecule has 0 amide bonds. The number of Topliss-reactive ketones (excluding diaryl/α,β-unsaturated/α-hetero) is 1. The van der Waals surface area contributed by atoms with Gasteiger partial charge in [-0.3, -0.25) is 4.79 Å². The molecule has 1 heteroatoms. The molecule has 0 fully saturated rings. The highest BCUT2D eigenvalue weighted by Crippen LogP contribution is 2.30. The lowest BCUT2D eigenvalue weighted by atomic mass is 9.92. The minimum absolute atomic E-state index is 0.177. The fourth-order valence-electron chi connectivity index (χ4n) is 1.23. The van der Waals surface area contributed by atoms with E-state index < -0.39 is 0 Å². The Labute approximate surface area is 55.8 Å². The van der Waals surface area contributed by atoms with Crippen molar-refractivity contribution < 1.29 is 4.79 Å². The zero-order valence-electron chi connectivity index (χ0n) is 6.19. The average molecular weight is 124 g/mol. The molecule has 0 heterocycles. The molecule has 0 aromatic carbocycles. The fraction of sp³-hybridized carbons (Fsp3) is 0.625. The third-order valence-electron chi connectivity index (χ3n) is 1.77. The van der Waals surface area contributed by atoms with E-state index in [1.807, 2.05) is 20.8 Å². The van der Waals surface area contributed by atoms with Crippen LogP contribution in [0.15, 0.2) is 11.6 Å². The Morgan fingerprint density at radius 3 is 2.22 bits per heavy atom. The van der Waals surface area contributed by atoms with Gasteiger partial charge in [0, 0.05) is 11.8 Å². The van der Waals surface area contributed by atoms with Gasteiger partial charge in [0.2, 0.25) is 0 Å². The first kappa shape index (κ1) is 6.53. The van der Waals surface area contributed by atoms with Gasteiger partial charge in [-0.05, 0) is 20.8 Å². The monoisotopic (exact) mass is 124 g/mol. The minimum atomic E-state index is -0.177. The topological polar surface area (TPSA) is 17.1 Å². The maximum atomic E-state index is 11.1. The van der Waals surface area contributed by atoms with Gasteiger partial charge in [-0.25, -0.2) is 0 Å². The average Bonchev–Trinajstić information content (AvgIpc) is 1.79. The molecule has 9 heavy (non-hydrogen) atoms. The number of hydrogen-bond acceptors (Lipinski definition) is 1. The van der Waals surface area contributed by atoms with E-state index in [1.54, 1.807) is 0 Å². The van der Waals surface area contributed by atoms with Crippen LogP contribution in [0.3, 0.4) is 0 Å². The number of allylic oxidation sites excluding steroid dienone is 2. The maximum absolute atomic E-state index is 11.1. The smallest absolute Gasteiger partial charge is 0.146 e. The van der Waals surface area contributed by atoms with Crippen molar-refractivity contribution in [1.29, 1.82) is 0 Å². The Balaban J connectivity index is 2.89. The quantitative estimate of drug-likeness (QED) is 0.451. The first-order chi connectivity index (χ1) is 4.02. The lowest BCUT2D eigenvalue weighted by molar-refractivity contribution is -0.123. The zero-order valence-corrected chi connectivity index (χ0v) is 6.19. The summed E-state index contributed by atoms with van der Waals surface area (Å²) >= 11 is 0. The Bertz CT molecular complexity index is 175. The highest BCUT2D eigenvalue weighted by atomic mass is 16.1. The first-order valence-corrected chi connectivity index (χ1v) is 3.24. The molecule has 1 nitrogen and oxygen atoms in total. The summed E-state index contributed by atoms with van der Waals surface area (Å²) in [5.41, 5.74) is 1.04. The Morgan fingerprint density at radius 2 is 2.11 bits per heavy atom. The Hall–Kier alpha value is -0.590. The second kappa shape index (κ2) is 1.69. The van der Waals surface area contributed by atoms with Crippen LogP contribution in [0, 0.1) is 5.41 Å². The van der Waals surface area contributed by atoms with Crippen molar-refractivity contribution in [2.45, 2.75) is 27.2 Å². The van der Waals surface area contributed by atoms with Gasteiger partial charge in [0.25, 0.3) is 0 Å². The van der Waals surface area contributed by atoms with Crippen molar-refractivity contribution in [3.05, 3.63) is 11.6 Å². The van der Waals surface area contributed by atoms with E-state index in [-0.39, 0.29) is 5.41 Å². The van der Waals surface area contributed by atoms with Crippen LogP contribution in [0.25, 0.3) is 0 Å². The van der Waals surface area contributed by atoms with Crippen molar-refractivity contribution in [3.63, 3.8) is 0 Å². The summed E-state index contributed by atoms with van der Waals surface area (Å²) in [6, 6.07) is 0. The summed E-state index contributed by atoms with van der Waals surface area (Å²) in [6.45, 7) is 5.93. The molecule has 0 N–H and O–H groups in total. The van der Waals surface area contributed by atoms with Crippen molar-refractivity contribution in [2.75, 3.05) is 0 Å². The van der Waals surface area contributed by atoms with Gasteiger partial charge >= 0.3 is 0 Å². The Morgan fingerprint density at radius 1 is 1.56 bits per heavy atom. The molecule has 0 aliphatic heterocycles. The largest absolute Gasteiger partial charge is 0.298 e. The predicted octanol–water partition coefficient (Wildman–Crippen LogP) is 1.93. The van der Waals surface area contributed by atoms with Crippen molar-refractivity contribution in [1.82, 2.24) is 0 Å². The Kier molecular flexibility index (Phi) is 1.23. The molecule has 0 radical (unpaired) electrons. The van der Waals surface area contributed by atoms with E-state index in [4.69, 9.17) is 0 Å². The summed E-state index contributed by atoms with van der Waals surface area (Å²) in [5, 5.41) is 0. The third kappa shape index (κ3) is 1.04. The molecule has 0 spiro atoms. The van der Waals surface area contributed by atoms with E-state index in [0.717, 1.165) is 0 Å². The molecule has 0 saturated heterocycles. The van der Waals surface area contributed by atoms with E-state index in [2.05, 4.69) is 6.08 Å². The van der Waals surface area contributed by atoms with Gasteiger partial charge in [-0.15, -0.1) is 0 Å². The summed E-state index contributed by atoms with van der Waals surface area (Å²) in [7, 11) is 0. The van der Waals surface area contributed by atoms with Crippen LogP contribution < -0.4 is 0 Å². The van der Waals surface area contributed by atoms with Gasteiger partial charge in [0.05, 0.1) is 0 Å². The molecule has 0 atom stereocenters. The van der Waals surface area contributed by atoms with Crippen LogP contribution in [-0.4, -0.2) is 5.78 Å². The summed E-state index contributed by atoms with van der Waals surface area (Å²) in [6.07, 6.45) is 2.71. The number of rotatable bonds is 0. The van der Waals surface area contributed by atoms with Crippen LogP contribution in [0.5, 0.6) is 0 Å². The molecule has 0 bridgehead atoms. The van der Waals surface area contributed by atoms with Gasteiger partial charge < -0.3 is 0 Å². The first-order valence-electron chi connectivity index (χ1n) is 3.24. The van der Waals surface area contributed by atoms with E-state index >= 15 is 0 Å². The van der Waals surface area contributed by atoms with Gasteiger partial charge in [-0.1, -0.05) is 11.6 Å². The van der Waals surface area contributed by atoms with Gasteiger partial charge in [-0.2, -0.15) is 0 Å². The normalized spacial score (nSPS) is 24.3. The third-order valence-corrected chi connectivity index (χ3v) is 1.77. The molecular formula is C8H12O. The second-order valence-corrected chi connectivity index (χ2v) is 3.31. The standard InChI is InChI=1S/C8H12O/c1-6-4-7(9)8(2,3)5-6/h5H,4H2,1-3H3. The summed E-state index contributed by atoms with van der Waals surface area (Å²) in [4.78, 5) is 11.1. The highest BCUT2D eigenvalue weighted by Gasteiger charge is 2.29. The SMILES string of the molecule is CC1=CC(C)(C)C(=O)C1. The van der Waals surface area contributed by atoms with E-state index in [0.29, 0.717) is 12.2 Å². The van der Waals surface area contributed by atoms with Crippen LogP contribution in [0.4, 0.5) is 0 Å². The zero-order chi connectivity index (χ0) is 7.07. The summed E-state index contributed by atoms with van der Waals surface area (Å²) in [5.74, 6) is 0.347. The van der Waals surface area contributed by atoms with Crippen LogP contribution >= 0.6 is 0 Å². The van der Waals surface area contributed by atoms with Crippen LogP contribution in [0.1, 0.15) is 27.2 Å².